The predicted molar refractivity (Wildman–Crippen MR) is 108 cm³/mol. The first kappa shape index (κ1) is 19.0. The Balaban J connectivity index is 1.54. The van der Waals surface area contributed by atoms with Gasteiger partial charge in [-0.15, -0.1) is 0 Å². The average molecular weight is 393 g/mol. The molecule has 4 rings (SSSR count). The standard InChI is InChI=1S/C22H23N3O4/c1-2-28-22(27)18-19(26)17(11-15-13-24-20-16(15)9-6-10-23-20)29-21(18)25-12-14-7-4-3-5-8-14/h4,6-10,13,17,25H,2-3,5,11-12H2,1H3,(H,23,24). The Morgan fingerprint density at radius 3 is 3.10 bits per heavy atom. The van der Waals surface area contributed by atoms with Crippen LogP contribution in [-0.4, -0.2) is 41.0 Å². The van der Waals surface area contributed by atoms with E-state index in [4.69, 9.17) is 9.47 Å². The molecule has 0 bridgehead atoms. The third-order valence-corrected chi connectivity index (χ3v) is 4.97. The van der Waals surface area contributed by atoms with E-state index in [0.717, 1.165) is 35.0 Å². The molecule has 3 heterocycles. The van der Waals surface area contributed by atoms with E-state index in [2.05, 4.69) is 27.4 Å². The second-order valence-corrected chi connectivity index (χ2v) is 6.93. The van der Waals surface area contributed by atoms with E-state index < -0.39 is 12.1 Å². The van der Waals surface area contributed by atoms with Crippen molar-refractivity contribution in [1.29, 1.82) is 0 Å². The number of fused-ring (bicyclic) bond motifs is 1. The van der Waals surface area contributed by atoms with Crippen LogP contribution in [-0.2, 0) is 25.5 Å². The summed E-state index contributed by atoms with van der Waals surface area (Å²) in [6.45, 7) is 2.38. The van der Waals surface area contributed by atoms with Crippen molar-refractivity contribution in [2.45, 2.75) is 32.3 Å². The number of nitrogens with one attached hydrogen (secondary N) is 2. The van der Waals surface area contributed by atoms with Crippen molar-refractivity contribution in [3.63, 3.8) is 0 Å². The van der Waals surface area contributed by atoms with Crippen LogP contribution in [0.3, 0.4) is 0 Å². The summed E-state index contributed by atoms with van der Waals surface area (Å²) in [7, 11) is 0. The lowest BCUT2D eigenvalue weighted by Gasteiger charge is -2.14. The van der Waals surface area contributed by atoms with Gasteiger partial charge in [0.05, 0.1) is 6.61 Å². The molecule has 1 atom stereocenters. The van der Waals surface area contributed by atoms with E-state index in [1.165, 1.54) is 0 Å². The highest BCUT2D eigenvalue weighted by molar-refractivity contribution is 6.20. The molecule has 150 valence electrons. The van der Waals surface area contributed by atoms with Crippen molar-refractivity contribution in [3.05, 3.63) is 65.3 Å². The zero-order valence-electron chi connectivity index (χ0n) is 16.2. The van der Waals surface area contributed by atoms with E-state index in [0.29, 0.717) is 13.0 Å². The van der Waals surface area contributed by atoms with Gasteiger partial charge in [-0.1, -0.05) is 18.2 Å². The summed E-state index contributed by atoms with van der Waals surface area (Å²) in [4.78, 5) is 32.7. The summed E-state index contributed by atoms with van der Waals surface area (Å²) in [5, 5.41) is 4.04. The third-order valence-electron chi connectivity index (χ3n) is 4.97. The summed E-state index contributed by atoms with van der Waals surface area (Å²) in [5.74, 6) is -0.829. The van der Waals surface area contributed by atoms with Crippen LogP contribution in [0.2, 0.25) is 0 Å². The first-order valence-corrected chi connectivity index (χ1v) is 9.80. The van der Waals surface area contributed by atoms with Crippen molar-refractivity contribution >= 4 is 22.8 Å². The van der Waals surface area contributed by atoms with Crippen LogP contribution in [0.5, 0.6) is 0 Å². The fourth-order valence-electron chi connectivity index (χ4n) is 3.55. The maximum atomic E-state index is 13.0. The smallest absolute Gasteiger partial charge is 0.347 e. The highest BCUT2D eigenvalue weighted by Crippen LogP contribution is 2.27. The monoisotopic (exact) mass is 393 g/mol. The van der Waals surface area contributed by atoms with Gasteiger partial charge in [-0.2, -0.15) is 0 Å². The Labute approximate surface area is 168 Å². The number of pyridine rings is 1. The summed E-state index contributed by atoms with van der Waals surface area (Å²) < 4.78 is 11.0. The molecule has 0 saturated heterocycles. The van der Waals surface area contributed by atoms with Gasteiger partial charge in [0, 0.05) is 30.7 Å². The SMILES string of the molecule is CCOC(=O)C1=C(NCC2=CCCC=C2)OC(Cc2c[nH]c3ncccc23)C1=O. The number of nitrogens with zero attached hydrogens (tertiary/aromatic N) is 1. The number of hydrogen-bond donors (Lipinski definition) is 2. The highest BCUT2D eigenvalue weighted by Gasteiger charge is 2.40. The minimum atomic E-state index is -0.785. The normalized spacial score (nSPS) is 18.7. The maximum absolute atomic E-state index is 13.0. The number of H-pyrrole nitrogens is 1. The van der Waals surface area contributed by atoms with Gasteiger partial charge in [-0.05, 0) is 43.0 Å². The van der Waals surface area contributed by atoms with Crippen molar-refractivity contribution in [3.8, 4) is 0 Å². The van der Waals surface area contributed by atoms with E-state index in [-0.39, 0.29) is 23.8 Å². The van der Waals surface area contributed by atoms with Gasteiger partial charge in [0.2, 0.25) is 11.7 Å². The van der Waals surface area contributed by atoms with Gasteiger partial charge in [0.15, 0.2) is 11.7 Å². The van der Waals surface area contributed by atoms with Crippen molar-refractivity contribution in [1.82, 2.24) is 15.3 Å². The van der Waals surface area contributed by atoms with E-state index >= 15 is 0 Å². The van der Waals surface area contributed by atoms with Crippen LogP contribution < -0.4 is 5.32 Å². The molecule has 0 aromatic carbocycles. The molecule has 0 amide bonds. The molecule has 29 heavy (non-hydrogen) atoms. The van der Waals surface area contributed by atoms with Crippen LogP contribution in [0.1, 0.15) is 25.3 Å². The number of aromatic nitrogens is 2. The molecule has 1 aliphatic carbocycles. The summed E-state index contributed by atoms with van der Waals surface area (Å²) in [6, 6.07) is 3.78. The van der Waals surface area contributed by atoms with Crippen molar-refractivity contribution in [2.24, 2.45) is 0 Å². The molecule has 0 radical (unpaired) electrons. The second kappa shape index (κ2) is 8.34. The summed E-state index contributed by atoms with van der Waals surface area (Å²) in [5.41, 5.74) is 2.71. The Morgan fingerprint density at radius 2 is 2.31 bits per heavy atom. The second-order valence-electron chi connectivity index (χ2n) is 6.93. The van der Waals surface area contributed by atoms with Gasteiger partial charge in [-0.25, -0.2) is 9.78 Å². The van der Waals surface area contributed by atoms with Gasteiger partial charge < -0.3 is 19.8 Å². The molecular formula is C22H23N3O4. The number of ketones is 1. The molecular weight excluding hydrogens is 370 g/mol. The molecule has 1 aliphatic heterocycles. The predicted octanol–water partition coefficient (Wildman–Crippen LogP) is 2.71. The molecule has 1 unspecified atom stereocenters. The molecule has 2 N–H and O–H groups in total. The van der Waals surface area contributed by atoms with Crippen LogP contribution in [0.4, 0.5) is 0 Å². The number of aromatic amines is 1. The molecule has 2 aromatic heterocycles. The zero-order valence-corrected chi connectivity index (χ0v) is 16.2. The lowest BCUT2D eigenvalue weighted by Crippen LogP contribution is -2.24. The number of hydrogen-bond acceptors (Lipinski definition) is 6. The first-order valence-electron chi connectivity index (χ1n) is 9.80. The fourth-order valence-corrected chi connectivity index (χ4v) is 3.55. The molecule has 2 aromatic rings. The van der Waals surface area contributed by atoms with Crippen molar-refractivity contribution < 1.29 is 19.1 Å². The number of carbonyl (C=O) groups is 2. The van der Waals surface area contributed by atoms with Crippen LogP contribution >= 0.6 is 0 Å². The minimum absolute atomic E-state index is 0.0461. The Kier molecular flexibility index (Phi) is 5.46. The van der Waals surface area contributed by atoms with E-state index in [1.807, 2.05) is 24.4 Å². The van der Waals surface area contributed by atoms with Gasteiger partial charge in [-0.3, -0.25) is 4.79 Å². The lowest BCUT2D eigenvalue weighted by atomic mass is 10.0. The number of carbonyl (C=O) groups excluding carboxylic acids is 2. The fraction of sp³-hybridized carbons (Fsp3) is 0.318. The Bertz CT molecular complexity index is 1030. The zero-order chi connectivity index (χ0) is 20.2. The highest BCUT2D eigenvalue weighted by atomic mass is 16.5. The Hall–Kier alpha value is -3.35. The molecule has 0 saturated carbocycles. The topological polar surface area (TPSA) is 93.3 Å². The van der Waals surface area contributed by atoms with Gasteiger partial charge in [0.1, 0.15) is 5.65 Å². The number of rotatable bonds is 7. The van der Waals surface area contributed by atoms with Crippen LogP contribution in [0.25, 0.3) is 11.0 Å². The van der Waals surface area contributed by atoms with Gasteiger partial charge in [0.25, 0.3) is 0 Å². The number of esters is 1. The Morgan fingerprint density at radius 1 is 1.41 bits per heavy atom. The third kappa shape index (κ3) is 3.94. The van der Waals surface area contributed by atoms with Crippen molar-refractivity contribution in [2.75, 3.05) is 13.2 Å². The average Bonchev–Trinajstić information content (AvgIpc) is 3.29. The lowest BCUT2D eigenvalue weighted by molar-refractivity contribution is -0.140. The quantitative estimate of drug-likeness (QED) is 0.555. The first-order chi connectivity index (χ1) is 14.2. The van der Waals surface area contributed by atoms with Crippen LogP contribution in [0, 0.1) is 0 Å². The van der Waals surface area contributed by atoms with Gasteiger partial charge >= 0.3 is 5.97 Å². The molecule has 7 nitrogen and oxygen atoms in total. The molecule has 0 spiro atoms. The maximum Gasteiger partial charge on any atom is 0.347 e. The largest absolute Gasteiger partial charge is 0.466 e. The number of allylic oxidation sites excluding steroid dienone is 2. The minimum Gasteiger partial charge on any atom is -0.466 e. The summed E-state index contributed by atoms with van der Waals surface area (Å²) >= 11 is 0. The summed E-state index contributed by atoms with van der Waals surface area (Å²) in [6.07, 6.45) is 11.3. The molecule has 0 fully saturated rings. The number of Topliss-reactive ketones (excluding diaryl/α,β-unsaturated/α-hetero) is 1. The molecule has 2 aliphatic rings. The number of ether oxygens (including phenoxy) is 2. The van der Waals surface area contributed by atoms with E-state index in [1.54, 1.807) is 13.1 Å². The van der Waals surface area contributed by atoms with Crippen LogP contribution in [0.15, 0.2) is 59.8 Å². The molecule has 7 heteroatoms. The van der Waals surface area contributed by atoms with E-state index in [9.17, 15) is 9.59 Å².